The van der Waals surface area contributed by atoms with Crippen molar-refractivity contribution in [2.75, 3.05) is 27.3 Å². The van der Waals surface area contributed by atoms with E-state index >= 15 is 0 Å². The zero-order chi connectivity index (χ0) is 17.6. The van der Waals surface area contributed by atoms with Crippen LogP contribution in [-0.4, -0.2) is 33.2 Å². The standard InChI is InChI=1S/C19H23N3O3/c1-24-16-5-3-4-13(8-16)10-20-19(23)14-6-7-17(18(9-14)25-2)15-11-21-22-12-15/h3-9,15,21-22H,10-12H2,1-2H3,(H,20,23). The van der Waals surface area contributed by atoms with Gasteiger partial charge < -0.3 is 14.8 Å². The Bertz CT molecular complexity index is 742. The van der Waals surface area contributed by atoms with Gasteiger partial charge in [-0.25, -0.2) is 0 Å². The van der Waals surface area contributed by atoms with E-state index in [-0.39, 0.29) is 5.91 Å². The Hall–Kier alpha value is -2.57. The van der Waals surface area contributed by atoms with Crippen LogP contribution >= 0.6 is 0 Å². The lowest BCUT2D eigenvalue weighted by Crippen LogP contribution is -2.23. The first kappa shape index (κ1) is 17.3. The fraction of sp³-hybridized carbons (Fsp3) is 0.316. The van der Waals surface area contributed by atoms with Crippen molar-refractivity contribution in [3.63, 3.8) is 0 Å². The van der Waals surface area contributed by atoms with E-state index in [0.717, 1.165) is 35.7 Å². The zero-order valence-electron chi connectivity index (χ0n) is 14.5. The van der Waals surface area contributed by atoms with Crippen LogP contribution in [0.3, 0.4) is 0 Å². The van der Waals surface area contributed by atoms with Crippen LogP contribution in [0.4, 0.5) is 0 Å². The monoisotopic (exact) mass is 341 g/mol. The third-order valence-corrected chi connectivity index (χ3v) is 4.34. The molecule has 0 aliphatic carbocycles. The number of benzene rings is 2. The van der Waals surface area contributed by atoms with Crippen molar-refractivity contribution in [1.29, 1.82) is 0 Å². The zero-order valence-corrected chi connectivity index (χ0v) is 14.5. The molecule has 3 rings (SSSR count). The Morgan fingerprint density at radius 3 is 2.64 bits per heavy atom. The summed E-state index contributed by atoms with van der Waals surface area (Å²) in [6, 6.07) is 13.3. The first-order valence-corrected chi connectivity index (χ1v) is 8.26. The van der Waals surface area contributed by atoms with Crippen LogP contribution in [0.5, 0.6) is 11.5 Å². The molecular formula is C19H23N3O3. The van der Waals surface area contributed by atoms with Gasteiger partial charge in [0.2, 0.25) is 0 Å². The molecular weight excluding hydrogens is 318 g/mol. The summed E-state index contributed by atoms with van der Waals surface area (Å²) in [5.41, 5.74) is 8.90. The lowest BCUT2D eigenvalue weighted by atomic mass is 9.97. The Labute approximate surface area is 147 Å². The Morgan fingerprint density at radius 2 is 1.92 bits per heavy atom. The Kier molecular flexibility index (Phi) is 5.53. The van der Waals surface area contributed by atoms with Crippen molar-refractivity contribution < 1.29 is 14.3 Å². The lowest BCUT2D eigenvalue weighted by Gasteiger charge is -2.15. The highest BCUT2D eigenvalue weighted by Crippen LogP contribution is 2.28. The van der Waals surface area contributed by atoms with Gasteiger partial charge in [-0.05, 0) is 35.4 Å². The second-order valence-electron chi connectivity index (χ2n) is 5.95. The summed E-state index contributed by atoms with van der Waals surface area (Å²) in [6.07, 6.45) is 0. The summed E-state index contributed by atoms with van der Waals surface area (Å²) in [5, 5.41) is 2.93. The molecule has 1 aliphatic rings. The summed E-state index contributed by atoms with van der Waals surface area (Å²) >= 11 is 0. The van der Waals surface area contributed by atoms with Crippen molar-refractivity contribution >= 4 is 5.91 Å². The number of carbonyl (C=O) groups excluding carboxylic acids is 1. The molecule has 0 spiro atoms. The highest BCUT2D eigenvalue weighted by Gasteiger charge is 2.21. The van der Waals surface area contributed by atoms with E-state index in [9.17, 15) is 4.79 Å². The van der Waals surface area contributed by atoms with Gasteiger partial charge >= 0.3 is 0 Å². The van der Waals surface area contributed by atoms with E-state index in [1.807, 2.05) is 36.4 Å². The van der Waals surface area contributed by atoms with Crippen molar-refractivity contribution in [2.45, 2.75) is 12.5 Å². The topological polar surface area (TPSA) is 71.6 Å². The van der Waals surface area contributed by atoms with Crippen LogP contribution in [0.25, 0.3) is 0 Å². The molecule has 0 saturated carbocycles. The molecule has 6 nitrogen and oxygen atoms in total. The molecule has 6 heteroatoms. The number of ether oxygens (including phenoxy) is 2. The summed E-state index contributed by atoms with van der Waals surface area (Å²) in [7, 11) is 3.26. The first-order chi connectivity index (χ1) is 12.2. The molecule has 25 heavy (non-hydrogen) atoms. The fourth-order valence-electron chi connectivity index (χ4n) is 2.94. The molecule has 1 heterocycles. The second kappa shape index (κ2) is 8.00. The average molecular weight is 341 g/mol. The molecule has 0 atom stereocenters. The molecule has 1 amide bonds. The predicted octanol–water partition coefficient (Wildman–Crippen LogP) is 1.83. The molecule has 1 fully saturated rings. The summed E-state index contributed by atoms with van der Waals surface area (Å²) < 4.78 is 10.7. The molecule has 0 unspecified atom stereocenters. The van der Waals surface area contributed by atoms with Gasteiger partial charge in [0.15, 0.2) is 0 Å². The van der Waals surface area contributed by atoms with Gasteiger partial charge in [-0.15, -0.1) is 0 Å². The summed E-state index contributed by atoms with van der Waals surface area (Å²) in [5.74, 6) is 1.72. The maximum Gasteiger partial charge on any atom is 0.251 e. The van der Waals surface area contributed by atoms with Crippen LogP contribution in [0.2, 0.25) is 0 Å². The predicted molar refractivity (Wildman–Crippen MR) is 95.9 cm³/mol. The molecule has 0 bridgehead atoms. The minimum atomic E-state index is -0.129. The van der Waals surface area contributed by atoms with Crippen LogP contribution in [0.1, 0.15) is 27.4 Å². The van der Waals surface area contributed by atoms with E-state index in [1.165, 1.54) is 0 Å². The minimum Gasteiger partial charge on any atom is -0.497 e. The molecule has 1 aliphatic heterocycles. The first-order valence-electron chi connectivity index (χ1n) is 8.26. The molecule has 132 valence electrons. The van der Waals surface area contributed by atoms with Crippen LogP contribution in [0.15, 0.2) is 42.5 Å². The lowest BCUT2D eigenvalue weighted by molar-refractivity contribution is 0.0950. The average Bonchev–Trinajstić information content (AvgIpc) is 3.20. The highest BCUT2D eigenvalue weighted by molar-refractivity contribution is 5.94. The number of rotatable bonds is 6. The van der Waals surface area contributed by atoms with Crippen molar-refractivity contribution in [3.05, 3.63) is 59.2 Å². The number of hydrazine groups is 1. The third-order valence-electron chi connectivity index (χ3n) is 4.34. The van der Waals surface area contributed by atoms with Gasteiger partial charge in [-0.1, -0.05) is 18.2 Å². The second-order valence-corrected chi connectivity index (χ2v) is 5.95. The van der Waals surface area contributed by atoms with Gasteiger partial charge in [0.25, 0.3) is 5.91 Å². The van der Waals surface area contributed by atoms with Gasteiger partial charge in [0, 0.05) is 31.1 Å². The molecule has 1 saturated heterocycles. The SMILES string of the molecule is COc1cccc(CNC(=O)c2ccc(C3CNNC3)c(OC)c2)c1. The number of amides is 1. The smallest absolute Gasteiger partial charge is 0.251 e. The highest BCUT2D eigenvalue weighted by atomic mass is 16.5. The summed E-state index contributed by atoms with van der Waals surface area (Å²) in [6.45, 7) is 2.13. The fourth-order valence-corrected chi connectivity index (χ4v) is 2.94. The van der Waals surface area contributed by atoms with Crippen molar-refractivity contribution in [1.82, 2.24) is 16.2 Å². The van der Waals surface area contributed by atoms with Gasteiger partial charge in [-0.2, -0.15) is 0 Å². The van der Waals surface area contributed by atoms with Gasteiger partial charge in [0.05, 0.1) is 14.2 Å². The molecule has 0 radical (unpaired) electrons. The Morgan fingerprint density at radius 1 is 1.12 bits per heavy atom. The van der Waals surface area contributed by atoms with Gasteiger partial charge in [-0.3, -0.25) is 15.6 Å². The molecule has 2 aromatic carbocycles. The van der Waals surface area contributed by atoms with Crippen LogP contribution in [-0.2, 0) is 6.54 Å². The molecule has 3 N–H and O–H groups in total. The van der Waals surface area contributed by atoms with Crippen molar-refractivity contribution in [3.8, 4) is 11.5 Å². The number of nitrogens with one attached hydrogen (secondary N) is 3. The van der Waals surface area contributed by atoms with Crippen LogP contribution in [0, 0.1) is 0 Å². The maximum absolute atomic E-state index is 12.5. The van der Waals surface area contributed by atoms with E-state index in [0.29, 0.717) is 18.0 Å². The number of methoxy groups -OCH3 is 2. The van der Waals surface area contributed by atoms with Crippen molar-refractivity contribution in [2.24, 2.45) is 0 Å². The minimum absolute atomic E-state index is 0.129. The summed E-state index contributed by atoms with van der Waals surface area (Å²) in [4.78, 5) is 12.5. The third kappa shape index (κ3) is 4.10. The number of carbonyl (C=O) groups is 1. The van der Waals surface area contributed by atoms with E-state index in [1.54, 1.807) is 20.3 Å². The van der Waals surface area contributed by atoms with Gasteiger partial charge in [0.1, 0.15) is 11.5 Å². The number of hydrogen-bond donors (Lipinski definition) is 3. The maximum atomic E-state index is 12.5. The quantitative estimate of drug-likeness (QED) is 0.748. The van der Waals surface area contributed by atoms with E-state index < -0.39 is 0 Å². The number of hydrogen-bond acceptors (Lipinski definition) is 5. The largest absolute Gasteiger partial charge is 0.497 e. The van der Waals surface area contributed by atoms with E-state index in [4.69, 9.17) is 9.47 Å². The molecule has 0 aromatic heterocycles. The van der Waals surface area contributed by atoms with Crippen LogP contribution < -0.4 is 25.6 Å². The van der Waals surface area contributed by atoms with E-state index in [2.05, 4.69) is 16.2 Å². The Balaban J connectivity index is 1.69. The normalized spacial score (nSPS) is 14.3. The molecule has 2 aromatic rings.